The number of nitrogens with zero attached hydrogens (tertiary/aromatic N) is 1. The zero-order valence-corrected chi connectivity index (χ0v) is 9.84. The molecular formula is C12H24N2. The van der Waals surface area contributed by atoms with Crippen molar-refractivity contribution in [1.82, 2.24) is 10.2 Å². The molecular weight excluding hydrogens is 172 g/mol. The molecule has 0 aliphatic rings. The van der Waals surface area contributed by atoms with Gasteiger partial charge in [-0.2, -0.15) is 0 Å². The highest BCUT2D eigenvalue weighted by Gasteiger charge is 2.00. The van der Waals surface area contributed by atoms with Gasteiger partial charge in [-0.1, -0.05) is 0 Å². The molecule has 0 aliphatic heterocycles. The summed E-state index contributed by atoms with van der Waals surface area (Å²) in [5.41, 5.74) is 0. The minimum atomic E-state index is 0.649. The minimum Gasteiger partial charge on any atom is -0.317 e. The molecule has 0 unspecified atom stereocenters. The van der Waals surface area contributed by atoms with E-state index in [-0.39, 0.29) is 0 Å². The molecule has 0 radical (unpaired) electrons. The summed E-state index contributed by atoms with van der Waals surface area (Å²) >= 11 is 0. The predicted octanol–water partition coefficient (Wildman–Crippen LogP) is 1.72. The average molecular weight is 196 g/mol. The molecule has 0 fully saturated rings. The monoisotopic (exact) mass is 196 g/mol. The van der Waals surface area contributed by atoms with E-state index in [2.05, 4.69) is 37.0 Å². The van der Waals surface area contributed by atoms with Crippen LogP contribution in [0.25, 0.3) is 0 Å². The van der Waals surface area contributed by atoms with Gasteiger partial charge in [0.25, 0.3) is 0 Å². The summed E-state index contributed by atoms with van der Waals surface area (Å²) in [6, 6.07) is 0.649. The number of terminal acetylenes is 1. The first-order valence-corrected chi connectivity index (χ1v) is 5.53. The fourth-order valence-corrected chi connectivity index (χ4v) is 1.15. The van der Waals surface area contributed by atoms with Crippen LogP contribution in [0, 0.1) is 12.3 Å². The molecule has 82 valence electrons. The van der Waals surface area contributed by atoms with E-state index in [0.717, 1.165) is 25.9 Å². The van der Waals surface area contributed by atoms with Crippen LogP contribution in [0.2, 0.25) is 0 Å². The predicted molar refractivity (Wildman–Crippen MR) is 63.3 cm³/mol. The van der Waals surface area contributed by atoms with E-state index in [1.807, 2.05) is 0 Å². The lowest BCUT2D eigenvalue weighted by Crippen LogP contribution is -2.29. The van der Waals surface area contributed by atoms with E-state index in [1.54, 1.807) is 0 Å². The first kappa shape index (κ1) is 13.5. The fraction of sp³-hybridized carbons (Fsp3) is 0.833. The normalized spacial score (nSPS) is 10.9. The first-order chi connectivity index (χ1) is 6.68. The topological polar surface area (TPSA) is 15.3 Å². The molecule has 0 bridgehead atoms. The first-order valence-electron chi connectivity index (χ1n) is 5.53. The van der Waals surface area contributed by atoms with Crippen LogP contribution in [0.5, 0.6) is 0 Å². The summed E-state index contributed by atoms with van der Waals surface area (Å²) in [5, 5.41) is 3.39. The van der Waals surface area contributed by atoms with E-state index >= 15 is 0 Å². The minimum absolute atomic E-state index is 0.649. The number of rotatable bonds is 8. The number of hydrogen-bond acceptors (Lipinski definition) is 2. The Balaban J connectivity index is 3.10. The maximum absolute atomic E-state index is 5.16. The summed E-state index contributed by atoms with van der Waals surface area (Å²) in [4.78, 5) is 2.36. The van der Waals surface area contributed by atoms with Gasteiger partial charge >= 0.3 is 0 Å². The van der Waals surface area contributed by atoms with Crippen LogP contribution in [-0.2, 0) is 0 Å². The Morgan fingerprint density at radius 3 is 2.50 bits per heavy atom. The SMILES string of the molecule is C#CCCCNCCCN(C)C(C)C. The third kappa shape index (κ3) is 8.10. The Morgan fingerprint density at radius 2 is 1.93 bits per heavy atom. The van der Waals surface area contributed by atoms with Gasteiger partial charge in [0, 0.05) is 12.5 Å². The van der Waals surface area contributed by atoms with Gasteiger partial charge in [0.15, 0.2) is 0 Å². The number of unbranched alkanes of at least 4 members (excludes halogenated alkanes) is 1. The van der Waals surface area contributed by atoms with Crippen LogP contribution < -0.4 is 5.32 Å². The molecule has 0 spiro atoms. The quantitative estimate of drug-likeness (QED) is 0.470. The van der Waals surface area contributed by atoms with Gasteiger partial charge in [-0.05, 0) is 53.4 Å². The fourth-order valence-electron chi connectivity index (χ4n) is 1.15. The van der Waals surface area contributed by atoms with Gasteiger partial charge in [0.2, 0.25) is 0 Å². The Hall–Kier alpha value is -0.520. The largest absolute Gasteiger partial charge is 0.317 e. The molecule has 2 heteroatoms. The highest BCUT2D eigenvalue weighted by Crippen LogP contribution is 1.94. The second kappa shape index (κ2) is 9.05. The molecule has 0 saturated carbocycles. The van der Waals surface area contributed by atoms with E-state index in [0.29, 0.717) is 6.04 Å². The summed E-state index contributed by atoms with van der Waals surface area (Å²) < 4.78 is 0. The Kier molecular flexibility index (Phi) is 8.72. The number of nitrogens with one attached hydrogen (secondary N) is 1. The lowest BCUT2D eigenvalue weighted by molar-refractivity contribution is 0.269. The standard InChI is InChI=1S/C12H24N2/c1-5-6-7-9-13-10-8-11-14(4)12(2)3/h1,12-13H,6-11H2,2-4H3. The molecule has 0 atom stereocenters. The van der Waals surface area contributed by atoms with Crippen LogP contribution in [0.1, 0.15) is 33.1 Å². The Labute approximate surface area is 89.1 Å². The van der Waals surface area contributed by atoms with Crippen molar-refractivity contribution in [3.8, 4) is 12.3 Å². The smallest absolute Gasteiger partial charge is 0.00981 e. The summed E-state index contributed by atoms with van der Waals surface area (Å²) in [7, 11) is 2.17. The van der Waals surface area contributed by atoms with Crippen molar-refractivity contribution in [3.63, 3.8) is 0 Å². The van der Waals surface area contributed by atoms with Crippen molar-refractivity contribution >= 4 is 0 Å². The van der Waals surface area contributed by atoms with Gasteiger partial charge < -0.3 is 10.2 Å². The Morgan fingerprint density at radius 1 is 1.29 bits per heavy atom. The third-order valence-corrected chi connectivity index (χ3v) is 2.42. The molecule has 0 aliphatic carbocycles. The lowest BCUT2D eigenvalue weighted by Gasteiger charge is -2.20. The zero-order chi connectivity index (χ0) is 10.8. The van der Waals surface area contributed by atoms with Gasteiger partial charge in [-0.3, -0.25) is 0 Å². The second-order valence-electron chi connectivity index (χ2n) is 3.99. The lowest BCUT2D eigenvalue weighted by atomic mass is 10.3. The Bertz CT molecular complexity index is 158. The van der Waals surface area contributed by atoms with Crippen molar-refractivity contribution < 1.29 is 0 Å². The third-order valence-electron chi connectivity index (χ3n) is 2.42. The van der Waals surface area contributed by atoms with Crippen molar-refractivity contribution in [1.29, 1.82) is 0 Å². The highest BCUT2D eigenvalue weighted by atomic mass is 15.1. The maximum atomic E-state index is 5.16. The van der Waals surface area contributed by atoms with Gasteiger partial charge in [0.1, 0.15) is 0 Å². The van der Waals surface area contributed by atoms with E-state index < -0.39 is 0 Å². The van der Waals surface area contributed by atoms with E-state index in [4.69, 9.17) is 6.42 Å². The molecule has 0 saturated heterocycles. The van der Waals surface area contributed by atoms with E-state index in [1.165, 1.54) is 13.0 Å². The average Bonchev–Trinajstić information content (AvgIpc) is 2.16. The van der Waals surface area contributed by atoms with Crippen LogP contribution in [0.4, 0.5) is 0 Å². The molecule has 2 nitrogen and oxygen atoms in total. The summed E-state index contributed by atoms with van der Waals surface area (Å²) in [5.74, 6) is 2.64. The molecule has 0 rings (SSSR count). The molecule has 0 aromatic carbocycles. The number of hydrogen-bond donors (Lipinski definition) is 1. The molecule has 0 aromatic heterocycles. The van der Waals surface area contributed by atoms with Crippen LogP contribution in [-0.4, -0.2) is 37.6 Å². The van der Waals surface area contributed by atoms with Gasteiger partial charge in [0.05, 0.1) is 0 Å². The summed E-state index contributed by atoms with van der Waals surface area (Å²) in [6.45, 7) is 7.76. The van der Waals surface area contributed by atoms with E-state index in [9.17, 15) is 0 Å². The van der Waals surface area contributed by atoms with Crippen molar-refractivity contribution in [3.05, 3.63) is 0 Å². The van der Waals surface area contributed by atoms with Crippen LogP contribution in [0.3, 0.4) is 0 Å². The van der Waals surface area contributed by atoms with Gasteiger partial charge in [-0.25, -0.2) is 0 Å². The van der Waals surface area contributed by atoms with Gasteiger partial charge in [-0.15, -0.1) is 12.3 Å². The highest BCUT2D eigenvalue weighted by molar-refractivity contribution is 4.83. The van der Waals surface area contributed by atoms with Crippen molar-refractivity contribution in [2.45, 2.75) is 39.2 Å². The molecule has 0 amide bonds. The molecule has 0 aromatic rings. The van der Waals surface area contributed by atoms with Crippen LogP contribution >= 0.6 is 0 Å². The molecule has 14 heavy (non-hydrogen) atoms. The molecule has 0 heterocycles. The summed E-state index contributed by atoms with van der Waals surface area (Å²) in [6.07, 6.45) is 8.35. The van der Waals surface area contributed by atoms with Crippen molar-refractivity contribution in [2.75, 3.05) is 26.7 Å². The van der Waals surface area contributed by atoms with Crippen molar-refractivity contribution in [2.24, 2.45) is 0 Å². The van der Waals surface area contributed by atoms with Crippen LogP contribution in [0.15, 0.2) is 0 Å². The zero-order valence-electron chi connectivity index (χ0n) is 9.84. The molecule has 1 N–H and O–H groups in total. The maximum Gasteiger partial charge on any atom is 0.00981 e. The second-order valence-corrected chi connectivity index (χ2v) is 3.99.